The molecule has 4 aromatic rings. The van der Waals surface area contributed by atoms with Crippen molar-refractivity contribution in [3.63, 3.8) is 0 Å². The van der Waals surface area contributed by atoms with Gasteiger partial charge in [-0.25, -0.2) is 9.98 Å². The van der Waals surface area contributed by atoms with Crippen LogP contribution in [0.3, 0.4) is 0 Å². The molecule has 0 atom stereocenters. The summed E-state index contributed by atoms with van der Waals surface area (Å²) < 4.78 is 0. The molecule has 3 aromatic carbocycles. The fourth-order valence-electron chi connectivity index (χ4n) is 3.46. The van der Waals surface area contributed by atoms with E-state index in [1.807, 2.05) is 66.7 Å². The van der Waals surface area contributed by atoms with E-state index >= 15 is 0 Å². The van der Waals surface area contributed by atoms with Crippen molar-refractivity contribution >= 4 is 22.2 Å². The van der Waals surface area contributed by atoms with Gasteiger partial charge in [0.15, 0.2) is 11.7 Å². The number of rotatable bonds is 2. The third-order valence-corrected chi connectivity index (χ3v) is 4.67. The number of para-hydroxylation sites is 2. The molecule has 1 aliphatic heterocycles. The van der Waals surface area contributed by atoms with Gasteiger partial charge in [-0.3, -0.25) is 0 Å². The number of benzene rings is 3. The number of nitrogens with two attached hydrogens (primary N) is 1. The van der Waals surface area contributed by atoms with E-state index in [-0.39, 0.29) is 5.88 Å². The molecule has 0 radical (unpaired) electrons. The second-order valence-electron chi connectivity index (χ2n) is 6.43. The topological polar surface area (TPSA) is 86.8 Å². The average molecular weight is 352 g/mol. The number of nitrogens with zero attached hydrogens (tertiary/aromatic N) is 2. The quantitative estimate of drug-likeness (QED) is 0.484. The van der Waals surface area contributed by atoms with E-state index in [0.29, 0.717) is 17.1 Å². The summed E-state index contributed by atoms with van der Waals surface area (Å²) in [4.78, 5) is 12.5. The van der Waals surface area contributed by atoms with E-state index in [4.69, 9.17) is 15.7 Å². The summed E-state index contributed by atoms with van der Waals surface area (Å²) >= 11 is 0. The lowest BCUT2D eigenvalue weighted by Gasteiger charge is -2.09. The lowest BCUT2D eigenvalue weighted by Crippen LogP contribution is -2.19. The fraction of sp³-hybridized carbons (Fsp3) is 0. The first-order valence-corrected chi connectivity index (χ1v) is 8.63. The third-order valence-electron chi connectivity index (χ3n) is 4.67. The summed E-state index contributed by atoms with van der Waals surface area (Å²) in [6.45, 7) is 0. The van der Waals surface area contributed by atoms with Crippen LogP contribution in [0.25, 0.3) is 16.5 Å². The highest BCUT2D eigenvalue weighted by atomic mass is 16.3. The Morgan fingerprint density at radius 1 is 0.852 bits per heavy atom. The predicted molar refractivity (Wildman–Crippen MR) is 106 cm³/mol. The van der Waals surface area contributed by atoms with Crippen LogP contribution in [0.2, 0.25) is 0 Å². The van der Waals surface area contributed by atoms with Gasteiger partial charge >= 0.3 is 0 Å². The zero-order valence-corrected chi connectivity index (χ0v) is 14.3. The van der Waals surface area contributed by atoms with Crippen LogP contribution in [0, 0.1) is 0 Å². The van der Waals surface area contributed by atoms with Crippen molar-refractivity contribution in [3.05, 3.63) is 100 Å². The zero-order valence-electron chi connectivity index (χ0n) is 14.3. The van der Waals surface area contributed by atoms with Crippen LogP contribution in [0.15, 0.2) is 88.6 Å². The number of hydrogen-bond donors (Lipinski definition) is 3. The maximum Gasteiger partial charge on any atom is 0.197 e. The van der Waals surface area contributed by atoms with Gasteiger partial charge in [0.2, 0.25) is 0 Å². The Morgan fingerprint density at radius 3 is 2.22 bits per heavy atom. The largest absolute Gasteiger partial charge is 0.494 e. The molecule has 0 amide bonds. The molecule has 2 heterocycles. The molecule has 5 heteroatoms. The van der Waals surface area contributed by atoms with E-state index in [0.717, 1.165) is 32.8 Å². The predicted octanol–water partition coefficient (Wildman–Crippen LogP) is 3.13. The Bertz CT molecular complexity index is 1300. The molecule has 5 rings (SSSR count). The van der Waals surface area contributed by atoms with Gasteiger partial charge in [-0.05, 0) is 35.9 Å². The zero-order chi connectivity index (χ0) is 18.4. The molecular weight excluding hydrogens is 336 g/mol. The number of nitrogens with one attached hydrogen (secondary N) is 1. The Hall–Kier alpha value is -3.86. The van der Waals surface area contributed by atoms with Gasteiger partial charge in [0.05, 0.1) is 16.3 Å². The first kappa shape index (κ1) is 15.4. The maximum atomic E-state index is 10.7. The van der Waals surface area contributed by atoms with Crippen LogP contribution in [-0.2, 0) is 0 Å². The highest BCUT2D eigenvalue weighted by Gasteiger charge is 2.22. The summed E-state index contributed by atoms with van der Waals surface area (Å²) in [7, 11) is 0. The highest BCUT2D eigenvalue weighted by Crippen LogP contribution is 2.39. The monoisotopic (exact) mass is 352 g/mol. The molecule has 0 unspecified atom stereocenters. The molecule has 0 fully saturated rings. The Labute approximate surface area is 154 Å². The number of H-pyrrole nitrogens is 1. The normalized spacial score (nSPS) is 12.5. The van der Waals surface area contributed by atoms with Gasteiger partial charge in [-0.15, -0.1) is 0 Å². The van der Waals surface area contributed by atoms with Gasteiger partial charge in [0.1, 0.15) is 0 Å². The second kappa shape index (κ2) is 5.85. The molecule has 1 aromatic heterocycles. The first-order chi connectivity index (χ1) is 13.2. The van der Waals surface area contributed by atoms with Crippen LogP contribution < -0.4 is 16.4 Å². The molecule has 1 aliphatic rings. The van der Waals surface area contributed by atoms with Crippen LogP contribution in [0.5, 0.6) is 5.88 Å². The summed E-state index contributed by atoms with van der Waals surface area (Å²) in [6, 6.07) is 23.1. The van der Waals surface area contributed by atoms with Crippen molar-refractivity contribution < 1.29 is 5.11 Å². The van der Waals surface area contributed by atoms with Crippen molar-refractivity contribution in [2.24, 2.45) is 9.98 Å². The van der Waals surface area contributed by atoms with Gasteiger partial charge in [-0.1, -0.05) is 42.5 Å². The van der Waals surface area contributed by atoms with Crippen molar-refractivity contribution in [2.45, 2.75) is 0 Å². The molecule has 0 aliphatic carbocycles. The van der Waals surface area contributed by atoms with Crippen LogP contribution in [-0.4, -0.2) is 10.1 Å². The first-order valence-electron chi connectivity index (χ1n) is 8.63. The average Bonchev–Trinajstić information content (AvgIpc) is 3.24. The van der Waals surface area contributed by atoms with Crippen molar-refractivity contribution in [2.75, 3.05) is 5.73 Å². The SMILES string of the molecule is Nc1ccc2[nH]c(O)c(C(=C3N=c4ccccc4=N3)c3ccccc3)c2c1. The van der Waals surface area contributed by atoms with Crippen molar-refractivity contribution in [3.8, 4) is 5.88 Å². The Kier molecular flexibility index (Phi) is 3.33. The highest BCUT2D eigenvalue weighted by molar-refractivity contribution is 6.01. The molecule has 27 heavy (non-hydrogen) atoms. The number of anilines is 1. The summed E-state index contributed by atoms with van der Waals surface area (Å²) in [5.41, 5.74) is 9.78. The van der Waals surface area contributed by atoms with E-state index in [9.17, 15) is 5.11 Å². The van der Waals surface area contributed by atoms with Crippen LogP contribution in [0.4, 0.5) is 5.69 Å². The summed E-state index contributed by atoms with van der Waals surface area (Å²) in [5.74, 6) is 0.643. The number of nitrogen functional groups attached to an aromatic ring is 1. The van der Waals surface area contributed by atoms with Gasteiger partial charge < -0.3 is 15.8 Å². The van der Waals surface area contributed by atoms with Crippen LogP contribution >= 0.6 is 0 Å². The number of fused-ring (bicyclic) bond motifs is 2. The van der Waals surface area contributed by atoms with Crippen molar-refractivity contribution in [1.82, 2.24) is 4.98 Å². The van der Waals surface area contributed by atoms with Gasteiger partial charge in [0.25, 0.3) is 0 Å². The lowest BCUT2D eigenvalue weighted by molar-refractivity contribution is 0.457. The Balaban J connectivity index is 1.90. The van der Waals surface area contributed by atoms with Crippen LogP contribution in [0.1, 0.15) is 11.1 Å². The standard InChI is InChI=1S/C22H16N4O/c23-14-10-11-16-15(12-14)20(22(27)26-16)19(13-6-2-1-3-7-13)21-24-17-8-4-5-9-18(17)25-21/h1-12,26-27H,23H2. The molecule has 0 saturated carbocycles. The maximum absolute atomic E-state index is 10.7. The van der Waals surface area contributed by atoms with E-state index in [1.165, 1.54) is 0 Å². The molecule has 0 saturated heterocycles. The Morgan fingerprint density at radius 2 is 1.52 bits per heavy atom. The van der Waals surface area contributed by atoms with E-state index < -0.39 is 0 Å². The molecule has 4 N–H and O–H groups in total. The smallest absolute Gasteiger partial charge is 0.197 e. The van der Waals surface area contributed by atoms with Gasteiger partial charge in [-0.2, -0.15) is 0 Å². The number of aromatic amines is 1. The minimum Gasteiger partial charge on any atom is -0.494 e. The third kappa shape index (κ3) is 2.48. The molecule has 0 spiro atoms. The number of hydrogen-bond acceptors (Lipinski definition) is 4. The summed E-state index contributed by atoms with van der Waals surface area (Å²) in [5, 5.41) is 13.2. The minimum atomic E-state index is 0.0725. The fourth-order valence-corrected chi connectivity index (χ4v) is 3.46. The lowest BCUT2D eigenvalue weighted by atomic mass is 9.96. The molecule has 0 bridgehead atoms. The molecular formula is C22H16N4O. The molecule has 5 nitrogen and oxygen atoms in total. The van der Waals surface area contributed by atoms with E-state index in [1.54, 1.807) is 6.07 Å². The minimum absolute atomic E-state index is 0.0725. The number of aromatic nitrogens is 1. The van der Waals surface area contributed by atoms with Crippen molar-refractivity contribution in [1.29, 1.82) is 0 Å². The molecule has 130 valence electrons. The second-order valence-corrected chi connectivity index (χ2v) is 6.43. The van der Waals surface area contributed by atoms with E-state index in [2.05, 4.69) is 4.98 Å². The summed E-state index contributed by atoms with van der Waals surface area (Å²) in [6.07, 6.45) is 0. The number of aromatic hydroxyl groups is 1. The van der Waals surface area contributed by atoms with Gasteiger partial charge in [0, 0.05) is 22.2 Å².